The molecule has 3 rings (SSSR count). The SMILES string of the molecule is O=C(COCc1ccccc1)N1CCSC1c1cccnc1. The topological polar surface area (TPSA) is 42.4 Å². The van der Waals surface area contributed by atoms with E-state index in [9.17, 15) is 4.79 Å². The van der Waals surface area contributed by atoms with Crippen molar-refractivity contribution in [3.8, 4) is 0 Å². The van der Waals surface area contributed by atoms with Crippen LogP contribution in [0.4, 0.5) is 0 Å². The van der Waals surface area contributed by atoms with Crippen LogP contribution in [-0.2, 0) is 16.1 Å². The first kappa shape index (κ1) is 15.1. The van der Waals surface area contributed by atoms with Gasteiger partial charge in [-0.3, -0.25) is 9.78 Å². The molecule has 0 aliphatic carbocycles. The van der Waals surface area contributed by atoms with E-state index < -0.39 is 0 Å². The third-order valence-electron chi connectivity index (χ3n) is 3.52. The predicted octanol–water partition coefficient (Wildman–Crippen LogP) is 2.87. The molecule has 0 radical (unpaired) electrons. The molecular weight excluding hydrogens is 296 g/mol. The van der Waals surface area contributed by atoms with E-state index in [0.717, 1.165) is 23.4 Å². The highest BCUT2D eigenvalue weighted by molar-refractivity contribution is 7.99. The van der Waals surface area contributed by atoms with Crippen molar-refractivity contribution in [2.75, 3.05) is 18.9 Å². The van der Waals surface area contributed by atoms with Crippen molar-refractivity contribution in [1.29, 1.82) is 0 Å². The zero-order chi connectivity index (χ0) is 15.2. The van der Waals surface area contributed by atoms with Crippen molar-refractivity contribution in [3.05, 3.63) is 66.0 Å². The average Bonchev–Trinajstić information content (AvgIpc) is 3.06. The molecule has 5 heteroatoms. The van der Waals surface area contributed by atoms with Crippen LogP contribution in [0.15, 0.2) is 54.9 Å². The lowest BCUT2D eigenvalue weighted by atomic mass is 10.2. The molecule has 22 heavy (non-hydrogen) atoms. The van der Waals surface area contributed by atoms with Gasteiger partial charge in [0.2, 0.25) is 5.91 Å². The zero-order valence-electron chi connectivity index (χ0n) is 12.2. The average molecular weight is 314 g/mol. The van der Waals surface area contributed by atoms with E-state index in [4.69, 9.17) is 4.74 Å². The van der Waals surface area contributed by atoms with E-state index in [-0.39, 0.29) is 17.9 Å². The van der Waals surface area contributed by atoms with Crippen LogP contribution >= 0.6 is 11.8 Å². The lowest BCUT2D eigenvalue weighted by Crippen LogP contribution is -2.33. The number of hydrogen-bond acceptors (Lipinski definition) is 4. The number of hydrogen-bond donors (Lipinski definition) is 0. The molecule has 1 fully saturated rings. The molecule has 0 saturated carbocycles. The van der Waals surface area contributed by atoms with Crippen LogP contribution < -0.4 is 0 Å². The fourth-order valence-corrected chi connectivity index (χ4v) is 3.70. The van der Waals surface area contributed by atoms with Crippen LogP contribution in [0.2, 0.25) is 0 Å². The van der Waals surface area contributed by atoms with Crippen LogP contribution in [0.25, 0.3) is 0 Å². The number of carbonyl (C=O) groups excluding carboxylic acids is 1. The molecule has 0 bridgehead atoms. The van der Waals surface area contributed by atoms with Crippen molar-refractivity contribution in [2.45, 2.75) is 12.0 Å². The minimum Gasteiger partial charge on any atom is -0.367 e. The highest BCUT2D eigenvalue weighted by Gasteiger charge is 2.30. The summed E-state index contributed by atoms with van der Waals surface area (Å²) >= 11 is 1.77. The van der Waals surface area contributed by atoms with E-state index in [0.29, 0.717) is 6.61 Å². The molecule has 1 saturated heterocycles. The van der Waals surface area contributed by atoms with Gasteiger partial charge in [-0.25, -0.2) is 0 Å². The van der Waals surface area contributed by atoms with Crippen LogP contribution in [-0.4, -0.2) is 34.7 Å². The van der Waals surface area contributed by atoms with Crippen LogP contribution in [0, 0.1) is 0 Å². The molecule has 1 aromatic carbocycles. The summed E-state index contributed by atoms with van der Waals surface area (Å²) in [5.41, 5.74) is 2.15. The second-order valence-electron chi connectivity index (χ2n) is 5.08. The Labute approximate surface area is 134 Å². The van der Waals surface area contributed by atoms with Crippen LogP contribution in [0.3, 0.4) is 0 Å². The van der Waals surface area contributed by atoms with Crippen LogP contribution in [0.5, 0.6) is 0 Å². The Bertz CT molecular complexity index is 607. The summed E-state index contributed by atoms with van der Waals surface area (Å²) in [5.74, 6) is 0.985. The maximum atomic E-state index is 12.4. The molecule has 1 aliphatic rings. The zero-order valence-corrected chi connectivity index (χ0v) is 13.0. The van der Waals surface area contributed by atoms with Gasteiger partial charge in [-0.05, 0) is 11.6 Å². The van der Waals surface area contributed by atoms with Gasteiger partial charge < -0.3 is 9.64 Å². The Morgan fingerprint density at radius 2 is 2.14 bits per heavy atom. The summed E-state index contributed by atoms with van der Waals surface area (Å²) in [4.78, 5) is 18.4. The fourth-order valence-electron chi connectivity index (χ4n) is 2.44. The molecular formula is C17H18N2O2S. The van der Waals surface area contributed by atoms with E-state index in [2.05, 4.69) is 4.98 Å². The number of carbonyl (C=O) groups is 1. The Morgan fingerprint density at radius 1 is 1.27 bits per heavy atom. The minimum absolute atomic E-state index is 0.0368. The van der Waals surface area contributed by atoms with Crippen molar-refractivity contribution < 1.29 is 9.53 Å². The summed E-state index contributed by atoms with van der Waals surface area (Å²) in [6.07, 6.45) is 3.58. The lowest BCUT2D eigenvalue weighted by Gasteiger charge is -2.23. The lowest BCUT2D eigenvalue weighted by molar-refractivity contribution is -0.136. The molecule has 2 aromatic rings. The molecule has 1 unspecified atom stereocenters. The number of aromatic nitrogens is 1. The fraction of sp³-hybridized carbons (Fsp3) is 0.294. The highest BCUT2D eigenvalue weighted by atomic mass is 32.2. The second kappa shape index (κ2) is 7.42. The quantitative estimate of drug-likeness (QED) is 0.851. The van der Waals surface area contributed by atoms with E-state index in [1.54, 1.807) is 18.0 Å². The minimum atomic E-state index is 0.0368. The Kier molecular flexibility index (Phi) is 5.08. The van der Waals surface area contributed by atoms with Gasteiger partial charge in [0, 0.05) is 30.3 Å². The summed E-state index contributed by atoms with van der Waals surface area (Å²) in [6, 6.07) is 13.8. The summed E-state index contributed by atoms with van der Waals surface area (Å²) in [6.45, 7) is 1.34. The third kappa shape index (κ3) is 3.67. The van der Waals surface area contributed by atoms with Gasteiger partial charge in [0.1, 0.15) is 12.0 Å². The Hall–Kier alpha value is -1.85. The first-order chi connectivity index (χ1) is 10.8. The molecule has 1 aromatic heterocycles. The van der Waals surface area contributed by atoms with Crippen molar-refractivity contribution in [3.63, 3.8) is 0 Å². The van der Waals surface area contributed by atoms with Gasteiger partial charge >= 0.3 is 0 Å². The van der Waals surface area contributed by atoms with Gasteiger partial charge in [0.15, 0.2) is 0 Å². The molecule has 2 heterocycles. The smallest absolute Gasteiger partial charge is 0.249 e. The number of rotatable bonds is 5. The Morgan fingerprint density at radius 3 is 2.91 bits per heavy atom. The molecule has 114 valence electrons. The Balaban J connectivity index is 1.55. The molecule has 0 N–H and O–H groups in total. The van der Waals surface area contributed by atoms with Crippen molar-refractivity contribution in [2.24, 2.45) is 0 Å². The molecule has 1 aliphatic heterocycles. The van der Waals surface area contributed by atoms with Crippen molar-refractivity contribution >= 4 is 17.7 Å². The van der Waals surface area contributed by atoms with E-state index >= 15 is 0 Å². The summed E-state index contributed by atoms with van der Waals surface area (Å²) in [5, 5.41) is 0.0570. The maximum absolute atomic E-state index is 12.4. The number of benzene rings is 1. The first-order valence-corrected chi connectivity index (χ1v) is 8.32. The van der Waals surface area contributed by atoms with E-state index in [1.807, 2.05) is 53.6 Å². The highest BCUT2D eigenvalue weighted by Crippen LogP contribution is 2.37. The van der Waals surface area contributed by atoms with Gasteiger partial charge in [-0.15, -0.1) is 11.8 Å². The number of amides is 1. The standard InChI is InChI=1S/C17H18N2O2S/c20-16(13-21-12-14-5-2-1-3-6-14)19-9-10-22-17(19)15-7-4-8-18-11-15/h1-8,11,17H,9-10,12-13H2. The van der Waals surface area contributed by atoms with Gasteiger partial charge in [0.25, 0.3) is 0 Å². The van der Waals surface area contributed by atoms with Crippen molar-refractivity contribution in [1.82, 2.24) is 9.88 Å². The van der Waals surface area contributed by atoms with E-state index in [1.165, 1.54) is 0 Å². The normalized spacial score (nSPS) is 17.6. The third-order valence-corrected chi connectivity index (χ3v) is 4.78. The monoisotopic (exact) mass is 314 g/mol. The molecule has 4 nitrogen and oxygen atoms in total. The number of nitrogens with zero attached hydrogens (tertiary/aromatic N) is 2. The van der Waals surface area contributed by atoms with Gasteiger partial charge in [-0.1, -0.05) is 36.4 Å². The number of ether oxygens (including phenoxy) is 1. The molecule has 0 spiro atoms. The van der Waals surface area contributed by atoms with Gasteiger partial charge in [0.05, 0.1) is 6.61 Å². The first-order valence-electron chi connectivity index (χ1n) is 7.27. The second-order valence-corrected chi connectivity index (χ2v) is 6.26. The summed E-state index contributed by atoms with van der Waals surface area (Å²) in [7, 11) is 0. The maximum Gasteiger partial charge on any atom is 0.249 e. The number of pyridine rings is 1. The van der Waals surface area contributed by atoms with Gasteiger partial charge in [-0.2, -0.15) is 0 Å². The summed E-state index contributed by atoms with van der Waals surface area (Å²) < 4.78 is 5.56. The number of thioether (sulfide) groups is 1. The molecule has 1 amide bonds. The largest absolute Gasteiger partial charge is 0.367 e. The molecule has 1 atom stereocenters. The van der Waals surface area contributed by atoms with Crippen LogP contribution in [0.1, 0.15) is 16.5 Å². The predicted molar refractivity (Wildman–Crippen MR) is 87.2 cm³/mol.